The maximum Gasteiger partial charge on any atom is 0.253 e. The van der Waals surface area contributed by atoms with Crippen molar-refractivity contribution in [1.29, 1.82) is 0 Å². The van der Waals surface area contributed by atoms with Gasteiger partial charge in [-0.1, -0.05) is 6.92 Å². The van der Waals surface area contributed by atoms with Gasteiger partial charge in [0.1, 0.15) is 0 Å². The Morgan fingerprint density at radius 1 is 1.45 bits per heavy atom. The fraction of sp³-hybridized carbons (Fsp3) is 0.533. The van der Waals surface area contributed by atoms with E-state index in [0.29, 0.717) is 23.7 Å². The van der Waals surface area contributed by atoms with Gasteiger partial charge in [0.15, 0.2) is 0 Å². The van der Waals surface area contributed by atoms with Crippen molar-refractivity contribution in [3.63, 3.8) is 0 Å². The number of aliphatic hydroxyl groups is 1. The van der Waals surface area contributed by atoms with Crippen molar-refractivity contribution in [2.45, 2.75) is 26.7 Å². The first-order valence-electron chi connectivity index (χ1n) is 7.11. The second-order valence-electron chi connectivity index (χ2n) is 5.02. The van der Waals surface area contributed by atoms with E-state index in [1.807, 2.05) is 13.8 Å². The molecule has 112 valence electrons. The number of nitrogen functional groups attached to an aromatic ring is 1. The average molecular weight is 279 g/mol. The van der Waals surface area contributed by atoms with Gasteiger partial charge in [-0.3, -0.25) is 4.79 Å². The summed E-state index contributed by atoms with van der Waals surface area (Å²) in [4.78, 5) is 11.9. The Morgan fingerprint density at radius 2 is 2.20 bits per heavy atom. The van der Waals surface area contributed by atoms with Gasteiger partial charge in [-0.25, -0.2) is 0 Å². The smallest absolute Gasteiger partial charge is 0.253 e. The van der Waals surface area contributed by atoms with E-state index in [1.54, 1.807) is 18.2 Å². The van der Waals surface area contributed by atoms with E-state index >= 15 is 0 Å². The number of aliphatic hydroxyl groups excluding tert-OH is 1. The molecule has 0 aliphatic heterocycles. The quantitative estimate of drug-likeness (QED) is 0.432. The van der Waals surface area contributed by atoms with Crippen LogP contribution >= 0.6 is 0 Å². The lowest BCUT2D eigenvalue weighted by molar-refractivity contribution is 0.0956. The number of carbonyl (C=O) groups excluding carboxylic acids is 1. The first-order valence-corrected chi connectivity index (χ1v) is 7.11. The summed E-state index contributed by atoms with van der Waals surface area (Å²) < 4.78 is 0. The minimum absolute atomic E-state index is 0.0984. The van der Waals surface area contributed by atoms with E-state index in [9.17, 15) is 4.79 Å². The lowest BCUT2D eigenvalue weighted by atomic mass is 10.1. The Labute approximate surface area is 120 Å². The van der Waals surface area contributed by atoms with E-state index in [1.165, 1.54) is 0 Å². The molecule has 1 rings (SSSR count). The van der Waals surface area contributed by atoms with Crippen LogP contribution in [0.1, 0.15) is 37.0 Å². The van der Waals surface area contributed by atoms with Crippen LogP contribution in [0.15, 0.2) is 18.2 Å². The van der Waals surface area contributed by atoms with Gasteiger partial charge in [-0.15, -0.1) is 0 Å². The van der Waals surface area contributed by atoms with Gasteiger partial charge in [0.05, 0.1) is 5.56 Å². The zero-order valence-corrected chi connectivity index (χ0v) is 12.3. The number of anilines is 2. The maximum absolute atomic E-state index is 11.9. The molecule has 0 heterocycles. The normalized spacial score (nSPS) is 11.9. The highest BCUT2D eigenvalue weighted by atomic mass is 16.3. The first kappa shape index (κ1) is 16.3. The summed E-state index contributed by atoms with van der Waals surface area (Å²) in [7, 11) is 0. The SMILES string of the molecule is CCNC(=O)c1ccc(N)cc1NCCCC(C)CO. The number of nitrogens with one attached hydrogen (secondary N) is 2. The zero-order chi connectivity index (χ0) is 15.0. The topological polar surface area (TPSA) is 87.4 Å². The second kappa shape index (κ2) is 8.43. The Balaban J connectivity index is 2.63. The lowest BCUT2D eigenvalue weighted by Crippen LogP contribution is -2.24. The van der Waals surface area contributed by atoms with E-state index in [0.717, 1.165) is 25.1 Å². The van der Waals surface area contributed by atoms with E-state index in [-0.39, 0.29) is 12.5 Å². The molecule has 0 aliphatic rings. The third kappa shape index (κ3) is 5.09. The standard InChI is InChI=1S/C15H25N3O2/c1-3-17-15(20)13-7-6-12(16)9-14(13)18-8-4-5-11(2)10-19/h6-7,9,11,18-19H,3-5,8,10,16H2,1-2H3,(H,17,20). The van der Waals surface area contributed by atoms with Crippen LogP contribution in [-0.2, 0) is 0 Å². The number of benzene rings is 1. The number of hydrogen-bond donors (Lipinski definition) is 4. The number of carbonyl (C=O) groups is 1. The highest BCUT2D eigenvalue weighted by Gasteiger charge is 2.10. The predicted octanol–water partition coefficient (Wildman–Crippen LogP) is 1.84. The minimum atomic E-state index is -0.0984. The predicted molar refractivity (Wildman–Crippen MR) is 82.8 cm³/mol. The van der Waals surface area contributed by atoms with Gasteiger partial charge in [0.2, 0.25) is 0 Å². The molecule has 0 radical (unpaired) electrons. The molecule has 5 heteroatoms. The second-order valence-corrected chi connectivity index (χ2v) is 5.02. The van der Waals surface area contributed by atoms with Crippen LogP contribution in [-0.4, -0.2) is 30.7 Å². The van der Waals surface area contributed by atoms with E-state index < -0.39 is 0 Å². The average Bonchev–Trinajstić information content (AvgIpc) is 2.43. The lowest BCUT2D eigenvalue weighted by Gasteiger charge is -2.13. The molecule has 0 saturated carbocycles. The molecule has 0 fully saturated rings. The molecule has 0 aliphatic carbocycles. The van der Waals surface area contributed by atoms with Crippen LogP contribution < -0.4 is 16.4 Å². The van der Waals surface area contributed by atoms with Crippen LogP contribution in [0.5, 0.6) is 0 Å². The molecule has 1 unspecified atom stereocenters. The van der Waals surface area contributed by atoms with Crippen molar-refractivity contribution in [3.8, 4) is 0 Å². The fourth-order valence-corrected chi connectivity index (χ4v) is 1.93. The van der Waals surface area contributed by atoms with Crippen molar-refractivity contribution in [1.82, 2.24) is 5.32 Å². The van der Waals surface area contributed by atoms with Crippen LogP contribution in [0.2, 0.25) is 0 Å². The van der Waals surface area contributed by atoms with Crippen LogP contribution in [0.25, 0.3) is 0 Å². The number of hydrogen-bond acceptors (Lipinski definition) is 4. The monoisotopic (exact) mass is 279 g/mol. The molecule has 0 spiro atoms. The molecule has 1 atom stereocenters. The van der Waals surface area contributed by atoms with Crippen molar-refractivity contribution >= 4 is 17.3 Å². The summed E-state index contributed by atoms with van der Waals surface area (Å²) in [5, 5.41) is 15.0. The molecular formula is C15H25N3O2. The van der Waals surface area contributed by atoms with Crippen molar-refractivity contribution in [2.75, 3.05) is 30.7 Å². The molecule has 1 aromatic carbocycles. The molecular weight excluding hydrogens is 254 g/mol. The highest BCUT2D eigenvalue weighted by Crippen LogP contribution is 2.19. The first-order chi connectivity index (χ1) is 9.58. The Bertz CT molecular complexity index is 435. The van der Waals surface area contributed by atoms with Gasteiger partial charge in [0.25, 0.3) is 5.91 Å². The summed E-state index contributed by atoms with van der Waals surface area (Å²) in [6.07, 6.45) is 1.88. The molecule has 5 N–H and O–H groups in total. The van der Waals surface area contributed by atoms with Gasteiger partial charge < -0.3 is 21.5 Å². The van der Waals surface area contributed by atoms with Gasteiger partial charge in [0, 0.05) is 31.1 Å². The molecule has 5 nitrogen and oxygen atoms in total. The zero-order valence-electron chi connectivity index (χ0n) is 12.3. The number of rotatable bonds is 8. The molecule has 0 aromatic heterocycles. The van der Waals surface area contributed by atoms with Crippen molar-refractivity contribution in [3.05, 3.63) is 23.8 Å². The summed E-state index contributed by atoms with van der Waals surface area (Å²) in [5.74, 6) is 0.208. The van der Waals surface area contributed by atoms with E-state index in [4.69, 9.17) is 10.8 Å². The Hall–Kier alpha value is -1.75. The molecule has 0 saturated heterocycles. The number of amides is 1. The van der Waals surface area contributed by atoms with Gasteiger partial charge in [-0.2, -0.15) is 0 Å². The third-order valence-corrected chi connectivity index (χ3v) is 3.13. The highest BCUT2D eigenvalue weighted by molar-refractivity contribution is 6.00. The van der Waals surface area contributed by atoms with Crippen LogP contribution in [0, 0.1) is 5.92 Å². The Kier molecular flexibility index (Phi) is 6.87. The summed E-state index contributed by atoms with van der Waals surface area (Å²) >= 11 is 0. The minimum Gasteiger partial charge on any atom is -0.399 e. The largest absolute Gasteiger partial charge is 0.399 e. The molecule has 20 heavy (non-hydrogen) atoms. The summed E-state index contributed by atoms with van der Waals surface area (Å²) in [6.45, 7) is 5.46. The van der Waals surface area contributed by atoms with Crippen LogP contribution in [0.3, 0.4) is 0 Å². The van der Waals surface area contributed by atoms with Gasteiger partial charge in [-0.05, 0) is 43.9 Å². The molecule has 1 aromatic rings. The van der Waals surface area contributed by atoms with Crippen LogP contribution in [0.4, 0.5) is 11.4 Å². The molecule has 0 bridgehead atoms. The van der Waals surface area contributed by atoms with Crippen molar-refractivity contribution < 1.29 is 9.90 Å². The number of nitrogens with two attached hydrogens (primary N) is 1. The fourth-order valence-electron chi connectivity index (χ4n) is 1.93. The Morgan fingerprint density at radius 3 is 2.85 bits per heavy atom. The maximum atomic E-state index is 11.9. The molecule has 1 amide bonds. The van der Waals surface area contributed by atoms with Crippen molar-refractivity contribution in [2.24, 2.45) is 5.92 Å². The van der Waals surface area contributed by atoms with Gasteiger partial charge >= 0.3 is 0 Å². The third-order valence-electron chi connectivity index (χ3n) is 3.13. The summed E-state index contributed by atoms with van der Waals surface area (Å²) in [6, 6.07) is 5.24. The van der Waals surface area contributed by atoms with E-state index in [2.05, 4.69) is 10.6 Å². The summed E-state index contributed by atoms with van der Waals surface area (Å²) in [5.41, 5.74) is 7.76.